The molecule has 1 saturated carbocycles. The minimum absolute atomic E-state index is 0.502. The summed E-state index contributed by atoms with van der Waals surface area (Å²) < 4.78 is 6.08. The lowest BCUT2D eigenvalue weighted by Gasteiger charge is -2.61. The lowest BCUT2D eigenvalue weighted by Crippen LogP contribution is -2.68. The molecule has 0 amide bonds. The average Bonchev–Trinajstić information content (AvgIpc) is 3.08. The first-order valence-corrected chi connectivity index (χ1v) is 8.55. The van der Waals surface area contributed by atoms with Crippen molar-refractivity contribution in [1.82, 2.24) is 15.0 Å². The van der Waals surface area contributed by atoms with Crippen LogP contribution in [0.4, 0.5) is 6.01 Å². The molecular weight excluding hydrogens is 292 g/mol. The molecule has 3 aliphatic heterocycles. The van der Waals surface area contributed by atoms with Crippen molar-refractivity contribution in [1.29, 1.82) is 0 Å². The molecule has 0 N–H and O–H groups in total. The maximum absolute atomic E-state index is 5.26. The van der Waals surface area contributed by atoms with Gasteiger partial charge in [-0.1, -0.05) is 10.3 Å². The summed E-state index contributed by atoms with van der Waals surface area (Å²) in [6, 6.07) is 1.46. The highest BCUT2D eigenvalue weighted by atomic mass is 16.5. The monoisotopic (exact) mass is 315 g/mol. The molecule has 4 heterocycles. The zero-order valence-electron chi connectivity index (χ0n) is 13.6. The predicted molar refractivity (Wildman–Crippen MR) is 85.9 cm³/mol. The topological polar surface area (TPSA) is 57.8 Å². The Morgan fingerprint density at radius 1 is 1.26 bits per heavy atom. The number of anilines is 1. The lowest BCUT2D eigenvalue weighted by atomic mass is 9.60. The van der Waals surface area contributed by atoms with Crippen molar-refractivity contribution < 1.29 is 9.12 Å². The molecule has 1 aromatic heterocycles. The van der Waals surface area contributed by atoms with Crippen molar-refractivity contribution >= 4 is 12.2 Å². The zero-order valence-corrected chi connectivity index (χ0v) is 13.6. The van der Waals surface area contributed by atoms with E-state index in [0.717, 1.165) is 55.7 Å². The molecular formula is C16H23N6O+. The fourth-order valence-corrected chi connectivity index (χ4v) is 4.63. The van der Waals surface area contributed by atoms with Crippen LogP contribution < -0.4 is 4.90 Å². The summed E-state index contributed by atoms with van der Waals surface area (Å²) >= 11 is 0. The fraction of sp³-hybridized carbons (Fsp3) is 0.688. The smallest absolute Gasteiger partial charge is 0.323 e. The van der Waals surface area contributed by atoms with Crippen LogP contribution in [0.15, 0.2) is 21.9 Å². The van der Waals surface area contributed by atoms with Crippen LogP contribution in [0.5, 0.6) is 0 Å². The molecule has 23 heavy (non-hydrogen) atoms. The van der Waals surface area contributed by atoms with Gasteiger partial charge in [-0.25, -0.2) is 0 Å². The molecule has 2 saturated heterocycles. The van der Waals surface area contributed by atoms with Crippen LogP contribution in [-0.4, -0.2) is 71.2 Å². The summed E-state index contributed by atoms with van der Waals surface area (Å²) in [6.45, 7) is 8.57. The van der Waals surface area contributed by atoms with Crippen LogP contribution in [-0.2, 0) is 0 Å². The number of allylic oxidation sites excluding steroid dienone is 1. The van der Waals surface area contributed by atoms with E-state index < -0.39 is 0 Å². The molecule has 0 unspecified atom stereocenters. The highest BCUT2D eigenvalue weighted by molar-refractivity contribution is 5.71. The van der Waals surface area contributed by atoms with Gasteiger partial charge in [0, 0.05) is 30.6 Å². The first-order chi connectivity index (χ1) is 11.2. The number of quaternary nitrogens is 1. The van der Waals surface area contributed by atoms with Gasteiger partial charge < -0.3 is 9.42 Å². The highest BCUT2D eigenvalue weighted by Crippen LogP contribution is 2.51. The molecule has 7 nitrogen and oxygen atoms in total. The van der Waals surface area contributed by atoms with Gasteiger partial charge in [0.15, 0.2) is 5.82 Å². The molecule has 0 aromatic carbocycles. The molecule has 5 rings (SSSR count). The van der Waals surface area contributed by atoms with Crippen molar-refractivity contribution in [2.24, 2.45) is 10.5 Å². The molecule has 1 aromatic rings. The summed E-state index contributed by atoms with van der Waals surface area (Å²) in [5.41, 5.74) is 0.502. The van der Waals surface area contributed by atoms with E-state index in [-0.39, 0.29) is 0 Å². The Hall–Kier alpha value is -1.73. The van der Waals surface area contributed by atoms with E-state index in [4.69, 9.17) is 4.52 Å². The third kappa shape index (κ3) is 2.14. The molecule has 2 spiro atoms. The van der Waals surface area contributed by atoms with E-state index in [1.54, 1.807) is 0 Å². The van der Waals surface area contributed by atoms with Crippen molar-refractivity contribution in [2.45, 2.75) is 25.8 Å². The maximum Gasteiger partial charge on any atom is 0.324 e. The third-order valence-electron chi connectivity index (χ3n) is 5.99. The number of hydrogen-bond donors (Lipinski definition) is 0. The van der Waals surface area contributed by atoms with E-state index in [2.05, 4.69) is 37.3 Å². The quantitative estimate of drug-likeness (QED) is 0.762. The molecule has 3 fully saturated rings. The Morgan fingerprint density at radius 2 is 2.04 bits per heavy atom. The molecule has 0 bridgehead atoms. The Labute approximate surface area is 135 Å². The van der Waals surface area contributed by atoms with Gasteiger partial charge in [0.25, 0.3) is 0 Å². The summed E-state index contributed by atoms with van der Waals surface area (Å²) in [4.78, 5) is 9.22. The van der Waals surface area contributed by atoms with Crippen molar-refractivity contribution in [3.63, 3.8) is 0 Å². The van der Waals surface area contributed by atoms with E-state index >= 15 is 0 Å². The second kappa shape index (κ2) is 4.64. The molecule has 0 atom stereocenters. The fourth-order valence-electron chi connectivity index (χ4n) is 4.63. The molecule has 0 radical (unpaired) electrons. The van der Waals surface area contributed by atoms with Gasteiger partial charge >= 0.3 is 6.01 Å². The van der Waals surface area contributed by atoms with Gasteiger partial charge in [0.1, 0.15) is 19.3 Å². The van der Waals surface area contributed by atoms with E-state index in [1.165, 1.54) is 12.8 Å². The third-order valence-corrected chi connectivity index (χ3v) is 5.99. The Bertz CT molecular complexity index is 644. The first kappa shape index (κ1) is 13.7. The Balaban J connectivity index is 1.13. The number of aromatic nitrogens is 2. The van der Waals surface area contributed by atoms with Crippen LogP contribution in [0, 0.1) is 12.3 Å². The summed E-state index contributed by atoms with van der Waals surface area (Å²) in [6.07, 6.45) is 8.88. The second-order valence-electron chi connectivity index (χ2n) is 7.62. The predicted octanol–water partition coefficient (Wildman–Crippen LogP) is 0.992. The lowest BCUT2D eigenvalue weighted by molar-refractivity contribution is -0.888. The van der Waals surface area contributed by atoms with Crippen LogP contribution in [0.2, 0.25) is 0 Å². The minimum Gasteiger partial charge on any atom is -0.323 e. The normalized spacial score (nSPS) is 28.5. The Morgan fingerprint density at radius 3 is 2.65 bits per heavy atom. The van der Waals surface area contributed by atoms with Gasteiger partial charge in [-0.2, -0.15) is 9.58 Å². The van der Waals surface area contributed by atoms with Crippen LogP contribution in [0.25, 0.3) is 0 Å². The van der Waals surface area contributed by atoms with E-state index in [9.17, 15) is 0 Å². The molecule has 7 heteroatoms. The summed E-state index contributed by atoms with van der Waals surface area (Å²) in [5, 5.41) is 8.49. The molecule has 122 valence electrons. The molecule has 4 aliphatic rings. The minimum atomic E-state index is 0.502. The van der Waals surface area contributed by atoms with Gasteiger partial charge in [0.05, 0.1) is 19.3 Å². The van der Waals surface area contributed by atoms with Gasteiger partial charge in [0.2, 0.25) is 0 Å². The Kier molecular flexibility index (Phi) is 2.76. The van der Waals surface area contributed by atoms with Gasteiger partial charge in [-0.3, -0.25) is 4.90 Å². The van der Waals surface area contributed by atoms with Gasteiger partial charge in [-0.15, -0.1) is 0 Å². The van der Waals surface area contributed by atoms with Crippen molar-refractivity contribution in [2.75, 3.05) is 44.2 Å². The van der Waals surface area contributed by atoms with Crippen molar-refractivity contribution in [3.8, 4) is 0 Å². The average molecular weight is 315 g/mol. The van der Waals surface area contributed by atoms with Crippen LogP contribution >= 0.6 is 0 Å². The first-order valence-electron chi connectivity index (χ1n) is 8.55. The summed E-state index contributed by atoms with van der Waals surface area (Å²) in [5.74, 6) is 0.719. The number of aryl methyl sites for hydroxylation is 1. The van der Waals surface area contributed by atoms with Crippen LogP contribution in [0.3, 0.4) is 0 Å². The van der Waals surface area contributed by atoms with E-state index in [0.29, 0.717) is 11.4 Å². The number of piperazine rings is 1. The maximum atomic E-state index is 5.26. The zero-order chi connectivity index (χ0) is 15.5. The van der Waals surface area contributed by atoms with E-state index in [1.807, 2.05) is 13.1 Å². The largest absolute Gasteiger partial charge is 0.324 e. The number of hydrogen-bond acceptors (Lipinski definition) is 6. The summed E-state index contributed by atoms with van der Waals surface area (Å²) in [7, 11) is 0. The van der Waals surface area contributed by atoms with Crippen molar-refractivity contribution in [3.05, 3.63) is 18.1 Å². The SMILES string of the molecule is Cc1noc(N2CC3(CC(N4CC[N+]5(C=CC=N5)CC4)C3)C2)n1. The highest BCUT2D eigenvalue weighted by Gasteiger charge is 2.55. The molecule has 1 aliphatic carbocycles. The standard InChI is InChI=1S/C16H23N6O/c1-13-18-15(23-19-13)21-11-16(12-21)9-14(10-16)20-4-7-22(8-5-20)6-2-3-17-22/h2-3,6,14H,4-5,7-12H2,1H3/q+1. The van der Waals surface area contributed by atoms with Gasteiger partial charge in [-0.05, 0) is 19.8 Å². The second-order valence-corrected chi connectivity index (χ2v) is 7.62. The number of nitrogens with zero attached hydrogens (tertiary/aromatic N) is 6. The van der Waals surface area contributed by atoms with Crippen LogP contribution in [0.1, 0.15) is 18.7 Å². The number of rotatable bonds is 2.